The van der Waals surface area contributed by atoms with Crippen molar-refractivity contribution in [3.8, 4) is 0 Å². The van der Waals surface area contributed by atoms with Crippen molar-refractivity contribution in [2.75, 3.05) is 6.61 Å². The van der Waals surface area contributed by atoms with E-state index in [9.17, 15) is 30.0 Å². The molecule has 8 atom stereocenters. The van der Waals surface area contributed by atoms with Crippen LogP contribution in [0.4, 0.5) is 0 Å². The molecule has 0 aliphatic heterocycles. The Kier molecular flexibility index (Phi) is 6.14. The zero-order valence-corrected chi connectivity index (χ0v) is 21.3. The molecule has 4 rings (SSSR count). The van der Waals surface area contributed by atoms with Gasteiger partial charge < -0.3 is 29.9 Å². The first-order valence-corrected chi connectivity index (χ1v) is 12.4. The van der Waals surface area contributed by atoms with Gasteiger partial charge in [-0.15, -0.1) is 0 Å². The van der Waals surface area contributed by atoms with Gasteiger partial charge in [-0.05, 0) is 24.5 Å². The summed E-state index contributed by atoms with van der Waals surface area (Å²) < 4.78 is 11.9. The minimum absolute atomic E-state index is 0.124. The van der Waals surface area contributed by atoms with E-state index < -0.39 is 76.3 Å². The molecule has 2 fully saturated rings. The first kappa shape index (κ1) is 26.3. The lowest BCUT2D eigenvalue weighted by molar-refractivity contribution is -0.228. The lowest BCUT2D eigenvalue weighted by atomic mass is 9.59. The molecule has 0 aromatic heterocycles. The molecular weight excluding hydrogens is 468 g/mol. The largest absolute Gasteiger partial charge is 0.476 e. The number of hydrogen-bond donors (Lipinski definition) is 4. The van der Waals surface area contributed by atoms with Crippen LogP contribution in [0.1, 0.15) is 53.9 Å². The summed E-state index contributed by atoms with van der Waals surface area (Å²) in [6, 6.07) is 0. The van der Waals surface area contributed by atoms with Crippen molar-refractivity contribution in [3.05, 3.63) is 40.4 Å². The number of nitrogens with zero attached hydrogens (tertiary/aromatic N) is 2. The van der Waals surface area contributed by atoms with Crippen LogP contribution in [0.5, 0.6) is 0 Å². The van der Waals surface area contributed by atoms with E-state index in [1.54, 1.807) is 26.0 Å². The highest BCUT2D eigenvalue weighted by molar-refractivity contribution is 6.04. The number of aliphatic hydroxyl groups excluding tert-OH is 2. The number of Topliss-reactive ketones (excluding diaryl/α,β-unsaturated/α-hetero) is 1. The third-order valence-corrected chi connectivity index (χ3v) is 9.11. The van der Waals surface area contributed by atoms with E-state index >= 15 is 0 Å². The van der Waals surface area contributed by atoms with E-state index in [4.69, 9.17) is 14.9 Å². The fourth-order valence-corrected chi connectivity index (χ4v) is 7.48. The van der Waals surface area contributed by atoms with Gasteiger partial charge in [0, 0.05) is 41.9 Å². The van der Waals surface area contributed by atoms with Crippen LogP contribution < -0.4 is 0 Å². The maximum atomic E-state index is 13.1. The molecule has 2 saturated carbocycles. The van der Waals surface area contributed by atoms with Gasteiger partial charge in [0.2, 0.25) is 5.39 Å². The van der Waals surface area contributed by atoms with Gasteiger partial charge in [-0.2, -0.15) is 0 Å². The molecule has 0 heterocycles. The molecule has 0 amide bonds. The molecular formula is C26H35N2O8+. The third-order valence-electron chi connectivity index (χ3n) is 9.11. The Morgan fingerprint density at radius 3 is 2.56 bits per heavy atom. The Bertz CT molecular complexity index is 1120. The number of esters is 1. The second kappa shape index (κ2) is 8.40. The Balaban J connectivity index is 1.95. The number of carbonyl (C=O) groups is 2. The van der Waals surface area contributed by atoms with Crippen molar-refractivity contribution in [3.63, 3.8) is 0 Å². The SMILES string of the molecule is CCCC(=O)O[C@@H]1[C@@H](C)[C@@]2(O)[C@@H](C=C(CO)C[C@]3(O)C(=O)C(C)=C[C@@H]23)[C@@H]2C(C)(C)[C@]12O/C(O)=C/[N+]#N. The fraction of sp³-hybridized carbons (Fsp3) is 0.692. The first-order chi connectivity index (χ1) is 16.8. The summed E-state index contributed by atoms with van der Waals surface area (Å²) >= 11 is 0. The van der Waals surface area contributed by atoms with E-state index in [1.807, 2.05) is 20.8 Å². The van der Waals surface area contributed by atoms with Crippen LogP contribution in [-0.4, -0.2) is 61.7 Å². The van der Waals surface area contributed by atoms with E-state index in [1.165, 1.54) is 0 Å². The van der Waals surface area contributed by atoms with Gasteiger partial charge in [-0.3, -0.25) is 9.59 Å². The van der Waals surface area contributed by atoms with Crippen molar-refractivity contribution in [1.29, 1.82) is 5.39 Å². The van der Waals surface area contributed by atoms with Gasteiger partial charge >= 0.3 is 18.1 Å². The highest BCUT2D eigenvalue weighted by atomic mass is 16.6. The van der Waals surface area contributed by atoms with E-state index in [2.05, 4.69) is 4.98 Å². The molecule has 36 heavy (non-hydrogen) atoms. The Morgan fingerprint density at radius 1 is 1.31 bits per heavy atom. The van der Waals surface area contributed by atoms with Crippen LogP contribution in [0.25, 0.3) is 4.98 Å². The summed E-state index contributed by atoms with van der Waals surface area (Å²) in [5.41, 5.74) is -5.12. The summed E-state index contributed by atoms with van der Waals surface area (Å²) in [5.74, 6) is -4.92. The molecule has 196 valence electrons. The monoisotopic (exact) mass is 503 g/mol. The highest BCUT2D eigenvalue weighted by Gasteiger charge is 2.88. The van der Waals surface area contributed by atoms with Gasteiger partial charge in [-0.25, -0.2) is 0 Å². The molecule has 0 saturated heterocycles. The predicted octanol–water partition coefficient (Wildman–Crippen LogP) is 2.52. The topological polar surface area (TPSA) is 162 Å². The minimum Gasteiger partial charge on any atom is -0.476 e. The summed E-state index contributed by atoms with van der Waals surface area (Å²) in [4.78, 5) is 28.7. The van der Waals surface area contributed by atoms with Gasteiger partial charge in [-0.1, -0.05) is 39.8 Å². The number of diazo groups is 1. The van der Waals surface area contributed by atoms with Crippen LogP contribution in [-0.2, 0) is 19.1 Å². The third kappa shape index (κ3) is 3.22. The molecule has 4 N–H and O–H groups in total. The van der Waals surface area contributed by atoms with Crippen molar-refractivity contribution < 1.29 is 39.5 Å². The van der Waals surface area contributed by atoms with Crippen LogP contribution >= 0.6 is 0 Å². The van der Waals surface area contributed by atoms with Gasteiger partial charge in [0.25, 0.3) is 0 Å². The van der Waals surface area contributed by atoms with Gasteiger partial charge in [0.15, 0.2) is 16.4 Å². The van der Waals surface area contributed by atoms with Crippen molar-refractivity contribution in [1.82, 2.24) is 0 Å². The summed E-state index contributed by atoms with van der Waals surface area (Å²) in [5, 5.41) is 53.6. The number of ether oxygens (including phenoxy) is 2. The zero-order valence-electron chi connectivity index (χ0n) is 21.3. The Morgan fingerprint density at radius 2 is 1.97 bits per heavy atom. The molecule has 10 nitrogen and oxygen atoms in total. The molecule has 0 bridgehead atoms. The highest BCUT2D eigenvalue weighted by Crippen LogP contribution is 2.77. The van der Waals surface area contributed by atoms with Crippen molar-refractivity contribution in [2.24, 2.45) is 29.1 Å². The van der Waals surface area contributed by atoms with Crippen LogP contribution in [0.2, 0.25) is 0 Å². The average molecular weight is 504 g/mol. The smallest absolute Gasteiger partial charge is 0.429 e. The van der Waals surface area contributed by atoms with Crippen molar-refractivity contribution >= 4 is 11.8 Å². The molecule has 0 radical (unpaired) electrons. The van der Waals surface area contributed by atoms with Crippen LogP contribution in [0.15, 0.2) is 35.4 Å². The molecule has 4 aliphatic rings. The maximum absolute atomic E-state index is 13.1. The molecule has 0 aromatic carbocycles. The average Bonchev–Trinajstić information content (AvgIpc) is 3.23. The molecule has 4 aliphatic carbocycles. The van der Waals surface area contributed by atoms with Gasteiger partial charge in [0.05, 0.1) is 12.2 Å². The van der Waals surface area contributed by atoms with Crippen molar-refractivity contribution in [2.45, 2.75) is 76.8 Å². The molecule has 0 spiro atoms. The maximum Gasteiger partial charge on any atom is 0.429 e. The molecule has 0 unspecified atom stereocenters. The second-order valence-electron chi connectivity index (χ2n) is 11.3. The zero-order chi connectivity index (χ0) is 26.8. The number of ketones is 1. The number of hydrogen-bond acceptors (Lipinski definition) is 9. The molecule has 0 aromatic rings. The lowest BCUT2D eigenvalue weighted by Crippen LogP contribution is -2.66. The van der Waals surface area contributed by atoms with E-state index in [0.717, 1.165) is 6.20 Å². The Hall–Kier alpha value is -2.74. The first-order valence-electron chi connectivity index (χ1n) is 12.4. The van der Waals surface area contributed by atoms with E-state index in [-0.39, 0.29) is 12.8 Å². The van der Waals surface area contributed by atoms with Gasteiger partial charge in [0.1, 0.15) is 11.7 Å². The lowest BCUT2D eigenvalue weighted by Gasteiger charge is -2.53. The second-order valence-corrected chi connectivity index (χ2v) is 11.3. The minimum atomic E-state index is -1.97. The fourth-order valence-electron chi connectivity index (χ4n) is 7.48. The number of rotatable bonds is 6. The van der Waals surface area contributed by atoms with Crippen LogP contribution in [0, 0.1) is 34.5 Å². The van der Waals surface area contributed by atoms with Crippen LogP contribution in [0.3, 0.4) is 0 Å². The predicted molar refractivity (Wildman–Crippen MR) is 126 cm³/mol. The Labute approximate surface area is 209 Å². The normalized spacial score (nSPS) is 42.6. The summed E-state index contributed by atoms with van der Waals surface area (Å²) in [6.07, 6.45) is 3.42. The summed E-state index contributed by atoms with van der Waals surface area (Å²) in [6.45, 7) is 8.36. The van der Waals surface area contributed by atoms with E-state index in [0.29, 0.717) is 17.6 Å². The molecule has 10 heteroatoms. The number of carbonyl (C=O) groups excluding carboxylic acids is 2. The number of aliphatic hydroxyl groups is 4. The quantitative estimate of drug-likeness (QED) is 0.185. The summed E-state index contributed by atoms with van der Waals surface area (Å²) in [7, 11) is 0. The standard InChI is InChI=1S/C26H34N2O8/c1-6-7-18(30)35-22-14(3)25(34)16(20-23(4,5)26(20,22)36-19(31)11-28-27)9-15(12-29)10-24(33)17(25)8-13(2)21(24)32/h8-9,11,14,16-17,20,22,29,33-34H,6-7,10,12H2,1-5H3/p+1/b19-11+/t14-,16+,17-,20-,22-,24-,25-,26-/m1/s1. The number of fused-ring (bicyclic) bond motifs is 5.